The van der Waals surface area contributed by atoms with Gasteiger partial charge in [0, 0.05) is 37.6 Å². The Bertz CT molecular complexity index is 367. The van der Waals surface area contributed by atoms with Crippen LogP contribution >= 0.6 is 11.3 Å². The lowest BCUT2D eigenvalue weighted by Gasteiger charge is -2.34. The molecule has 0 bridgehead atoms. The summed E-state index contributed by atoms with van der Waals surface area (Å²) < 4.78 is 0. The molecular weight excluding hydrogens is 232 g/mol. The van der Waals surface area contributed by atoms with Gasteiger partial charge in [-0.2, -0.15) is 0 Å². The Morgan fingerprint density at radius 1 is 1.41 bits per heavy atom. The molecule has 0 spiro atoms. The smallest absolute Gasteiger partial charge is 0.227 e. The Hall–Kier alpha value is -1.13. The maximum absolute atomic E-state index is 12.0. The molecule has 1 aromatic heterocycles. The van der Waals surface area contributed by atoms with E-state index in [1.807, 2.05) is 28.5 Å². The van der Waals surface area contributed by atoms with Crippen molar-refractivity contribution in [3.8, 4) is 0 Å². The first-order valence-electron chi connectivity index (χ1n) is 5.93. The fourth-order valence-electron chi connectivity index (χ4n) is 2.04. The van der Waals surface area contributed by atoms with Crippen LogP contribution in [-0.4, -0.2) is 48.4 Å². The molecule has 0 aromatic carbocycles. The molecule has 0 radical (unpaired) electrons. The molecule has 1 saturated heterocycles. The summed E-state index contributed by atoms with van der Waals surface area (Å²) in [7, 11) is 0. The molecule has 2 rings (SSSR count). The Morgan fingerprint density at radius 3 is 2.76 bits per heavy atom. The minimum atomic E-state index is 0.255. The molecule has 1 amide bonds. The van der Waals surface area contributed by atoms with Crippen LogP contribution in [0.4, 0.5) is 0 Å². The molecule has 1 aromatic rings. The summed E-state index contributed by atoms with van der Waals surface area (Å²) in [5.41, 5.74) is 0. The van der Waals surface area contributed by atoms with E-state index in [4.69, 9.17) is 0 Å². The van der Waals surface area contributed by atoms with Crippen molar-refractivity contribution in [1.82, 2.24) is 9.80 Å². The Balaban J connectivity index is 1.80. The van der Waals surface area contributed by atoms with Gasteiger partial charge in [-0.05, 0) is 11.4 Å². The van der Waals surface area contributed by atoms with Crippen LogP contribution in [0.25, 0.3) is 0 Å². The average molecular weight is 250 g/mol. The van der Waals surface area contributed by atoms with Crippen molar-refractivity contribution in [2.45, 2.75) is 6.42 Å². The summed E-state index contributed by atoms with van der Waals surface area (Å²) in [5.74, 6) is 0.255. The summed E-state index contributed by atoms with van der Waals surface area (Å²) in [5, 5.41) is 2.02. The predicted molar refractivity (Wildman–Crippen MR) is 71.2 cm³/mol. The zero-order valence-electron chi connectivity index (χ0n) is 9.97. The van der Waals surface area contributed by atoms with E-state index in [-0.39, 0.29) is 5.91 Å². The van der Waals surface area contributed by atoms with Gasteiger partial charge in [-0.3, -0.25) is 9.69 Å². The van der Waals surface area contributed by atoms with Gasteiger partial charge in [0.1, 0.15) is 0 Å². The molecule has 17 heavy (non-hydrogen) atoms. The normalized spacial score (nSPS) is 17.1. The van der Waals surface area contributed by atoms with Gasteiger partial charge in [0.2, 0.25) is 5.91 Å². The van der Waals surface area contributed by atoms with Gasteiger partial charge in [-0.25, -0.2) is 0 Å². The van der Waals surface area contributed by atoms with Crippen LogP contribution in [0.2, 0.25) is 0 Å². The molecular formula is C13H18N2OS. The highest BCUT2D eigenvalue weighted by molar-refractivity contribution is 7.10. The molecule has 4 heteroatoms. The minimum absolute atomic E-state index is 0.255. The van der Waals surface area contributed by atoms with Crippen LogP contribution in [0.3, 0.4) is 0 Å². The lowest BCUT2D eigenvalue weighted by atomic mass is 10.2. The number of rotatable bonds is 4. The largest absolute Gasteiger partial charge is 0.340 e. The first-order valence-corrected chi connectivity index (χ1v) is 6.81. The van der Waals surface area contributed by atoms with Crippen molar-refractivity contribution in [3.63, 3.8) is 0 Å². The minimum Gasteiger partial charge on any atom is -0.340 e. The molecule has 0 N–H and O–H groups in total. The number of amides is 1. The monoisotopic (exact) mass is 250 g/mol. The van der Waals surface area contributed by atoms with E-state index in [1.165, 1.54) is 0 Å². The van der Waals surface area contributed by atoms with Crippen molar-refractivity contribution in [1.29, 1.82) is 0 Å². The number of hydrogen-bond donors (Lipinski definition) is 0. The lowest BCUT2D eigenvalue weighted by molar-refractivity contribution is -0.132. The van der Waals surface area contributed by atoms with E-state index in [2.05, 4.69) is 11.5 Å². The van der Waals surface area contributed by atoms with Gasteiger partial charge in [0.25, 0.3) is 0 Å². The second-order valence-electron chi connectivity index (χ2n) is 4.23. The van der Waals surface area contributed by atoms with E-state index in [0.717, 1.165) is 37.6 Å². The molecule has 1 fully saturated rings. The van der Waals surface area contributed by atoms with E-state index < -0.39 is 0 Å². The lowest BCUT2D eigenvalue weighted by Crippen LogP contribution is -2.49. The Labute approximate surface area is 106 Å². The maximum Gasteiger partial charge on any atom is 0.227 e. The van der Waals surface area contributed by atoms with Crippen molar-refractivity contribution in [2.24, 2.45) is 0 Å². The van der Waals surface area contributed by atoms with Gasteiger partial charge in [-0.1, -0.05) is 12.1 Å². The molecule has 92 valence electrons. The third-order valence-electron chi connectivity index (χ3n) is 3.02. The van der Waals surface area contributed by atoms with Crippen molar-refractivity contribution in [3.05, 3.63) is 35.0 Å². The standard InChI is InChI=1S/C13H18N2OS/c1-2-5-14-6-8-15(9-7-14)13(16)11-12-4-3-10-17-12/h2-4,10H,1,5-9,11H2. The Kier molecular flexibility index (Phi) is 4.34. The molecule has 0 unspecified atom stereocenters. The van der Waals surface area contributed by atoms with Crippen LogP contribution in [0.1, 0.15) is 4.88 Å². The fraction of sp³-hybridized carbons (Fsp3) is 0.462. The molecule has 0 aliphatic carbocycles. The molecule has 1 aliphatic heterocycles. The highest BCUT2D eigenvalue weighted by Crippen LogP contribution is 2.11. The molecule has 0 saturated carbocycles. The number of piperazine rings is 1. The van der Waals surface area contributed by atoms with Gasteiger partial charge in [0.05, 0.1) is 6.42 Å². The SMILES string of the molecule is C=CCN1CCN(C(=O)Cc2cccs2)CC1. The summed E-state index contributed by atoms with van der Waals surface area (Å²) in [6, 6.07) is 4.02. The fourth-order valence-corrected chi connectivity index (χ4v) is 2.73. The van der Waals surface area contributed by atoms with Crippen molar-refractivity contribution < 1.29 is 4.79 Å². The summed E-state index contributed by atoms with van der Waals surface area (Å²) in [6.45, 7) is 8.27. The highest BCUT2D eigenvalue weighted by Gasteiger charge is 2.20. The summed E-state index contributed by atoms with van der Waals surface area (Å²) >= 11 is 1.65. The first-order chi connectivity index (χ1) is 8.29. The van der Waals surface area contributed by atoms with Gasteiger partial charge < -0.3 is 4.90 Å². The quantitative estimate of drug-likeness (QED) is 0.758. The van der Waals surface area contributed by atoms with Crippen LogP contribution in [0, 0.1) is 0 Å². The second kappa shape index (κ2) is 5.98. The second-order valence-corrected chi connectivity index (χ2v) is 5.26. The number of carbonyl (C=O) groups is 1. The van der Waals surface area contributed by atoms with Crippen molar-refractivity contribution in [2.75, 3.05) is 32.7 Å². The van der Waals surface area contributed by atoms with Crippen LogP contribution in [-0.2, 0) is 11.2 Å². The third-order valence-corrected chi connectivity index (χ3v) is 3.89. The zero-order valence-corrected chi connectivity index (χ0v) is 10.8. The van der Waals surface area contributed by atoms with Crippen LogP contribution in [0.15, 0.2) is 30.2 Å². The van der Waals surface area contributed by atoms with E-state index in [9.17, 15) is 4.79 Å². The molecule has 3 nitrogen and oxygen atoms in total. The third kappa shape index (κ3) is 3.41. The molecule has 1 aliphatic rings. The van der Waals surface area contributed by atoms with E-state index in [0.29, 0.717) is 6.42 Å². The number of hydrogen-bond acceptors (Lipinski definition) is 3. The number of carbonyl (C=O) groups excluding carboxylic acids is 1. The average Bonchev–Trinajstić information content (AvgIpc) is 2.83. The summed E-state index contributed by atoms with van der Waals surface area (Å²) in [4.78, 5) is 17.5. The number of thiophene rings is 1. The van der Waals surface area contributed by atoms with Crippen LogP contribution < -0.4 is 0 Å². The van der Waals surface area contributed by atoms with E-state index in [1.54, 1.807) is 11.3 Å². The van der Waals surface area contributed by atoms with Crippen LogP contribution in [0.5, 0.6) is 0 Å². The molecule has 0 atom stereocenters. The van der Waals surface area contributed by atoms with E-state index >= 15 is 0 Å². The van der Waals surface area contributed by atoms with Crippen molar-refractivity contribution >= 4 is 17.2 Å². The Morgan fingerprint density at radius 2 is 2.18 bits per heavy atom. The molecule has 2 heterocycles. The highest BCUT2D eigenvalue weighted by atomic mass is 32.1. The van der Waals surface area contributed by atoms with Gasteiger partial charge in [-0.15, -0.1) is 17.9 Å². The predicted octanol–water partition coefficient (Wildman–Crippen LogP) is 1.62. The topological polar surface area (TPSA) is 23.6 Å². The van der Waals surface area contributed by atoms with Gasteiger partial charge >= 0.3 is 0 Å². The summed E-state index contributed by atoms with van der Waals surface area (Å²) in [6.07, 6.45) is 2.47. The zero-order chi connectivity index (χ0) is 12.1. The maximum atomic E-state index is 12.0. The first kappa shape index (κ1) is 12.3. The van der Waals surface area contributed by atoms with Gasteiger partial charge in [0.15, 0.2) is 0 Å². The number of nitrogens with zero attached hydrogens (tertiary/aromatic N) is 2.